The number of hydrazone groups is 1. The van der Waals surface area contributed by atoms with Crippen molar-refractivity contribution in [2.75, 3.05) is 12.1 Å². The number of anilines is 1. The Labute approximate surface area is 158 Å². The topological polar surface area (TPSA) is 139 Å². The van der Waals surface area contributed by atoms with Crippen molar-refractivity contribution in [3.8, 4) is 11.5 Å². The molecule has 0 spiro atoms. The van der Waals surface area contributed by atoms with Crippen LogP contribution in [0.15, 0.2) is 52.2 Å². The second-order valence-corrected chi connectivity index (χ2v) is 5.53. The van der Waals surface area contributed by atoms with E-state index in [4.69, 9.17) is 19.0 Å². The lowest BCUT2D eigenvalue weighted by Gasteiger charge is -2.11. The summed E-state index contributed by atoms with van der Waals surface area (Å²) in [6, 6.07) is 6.18. The first-order valence-electron chi connectivity index (χ1n) is 7.98. The van der Waals surface area contributed by atoms with Gasteiger partial charge in [0.15, 0.2) is 17.3 Å². The van der Waals surface area contributed by atoms with Gasteiger partial charge in [-0.1, -0.05) is 0 Å². The number of carbonyl (C=O) groups is 3. The van der Waals surface area contributed by atoms with E-state index in [-0.39, 0.29) is 12.6 Å². The molecule has 1 aromatic heterocycles. The molecule has 1 aromatic carbocycles. The summed E-state index contributed by atoms with van der Waals surface area (Å²) < 4.78 is 15.6. The maximum absolute atomic E-state index is 12.0. The number of hydrogen-bond donors (Lipinski definition) is 3. The van der Waals surface area contributed by atoms with Crippen LogP contribution in [0.4, 0.5) is 5.69 Å². The molecule has 1 aliphatic rings. The predicted octanol–water partition coefficient (Wildman–Crippen LogP) is 1.74. The number of ether oxygens (including phenoxy) is 2. The van der Waals surface area contributed by atoms with E-state index in [9.17, 15) is 14.4 Å². The fourth-order valence-corrected chi connectivity index (χ4v) is 2.32. The van der Waals surface area contributed by atoms with Crippen molar-refractivity contribution >= 4 is 29.2 Å². The van der Waals surface area contributed by atoms with Gasteiger partial charge in [-0.25, -0.2) is 10.2 Å². The van der Waals surface area contributed by atoms with E-state index in [1.54, 1.807) is 19.1 Å². The number of fused-ring (bicyclic) bond motifs is 1. The van der Waals surface area contributed by atoms with Gasteiger partial charge in [0.1, 0.15) is 0 Å². The van der Waals surface area contributed by atoms with Crippen LogP contribution in [-0.2, 0) is 9.59 Å². The zero-order chi connectivity index (χ0) is 20.1. The first-order valence-corrected chi connectivity index (χ1v) is 7.98. The van der Waals surface area contributed by atoms with Crippen LogP contribution in [0.1, 0.15) is 23.0 Å². The highest BCUT2D eigenvalue weighted by Gasteiger charge is 2.20. The Morgan fingerprint density at radius 3 is 2.61 bits per heavy atom. The third-order valence-electron chi connectivity index (χ3n) is 3.61. The van der Waals surface area contributed by atoms with Crippen molar-refractivity contribution in [2.24, 2.45) is 5.10 Å². The van der Waals surface area contributed by atoms with Crippen LogP contribution >= 0.6 is 0 Å². The number of aliphatic carboxylic acids is 1. The number of nitrogens with zero attached hydrogens (tertiary/aromatic N) is 1. The molecule has 2 amide bonds. The molecule has 1 aliphatic heterocycles. The largest absolute Gasteiger partial charge is 0.478 e. The minimum Gasteiger partial charge on any atom is -0.478 e. The summed E-state index contributed by atoms with van der Waals surface area (Å²) in [5.41, 5.74) is 3.46. The summed E-state index contributed by atoms with van der Waals surface area (Å²) in [4.78, 5) is 34.5. The molecule has 0 aliphatic carbocycles. The molecule has 28 heavy (non-hydrogen) atoms. The van der Waals surface area contributed by atoms with Crippen molar-refractivity contribution < 1.29 is 33.4 Å². The number of carboxylic acid groups (broad SMARTS) is 1. The summed E-state index contributed by atoms with van der Waals surface area (Å²) in [6.45, 7) is 1.64. The Balaban J connectivity index is 1.85. The number of rotatable bonds is 6. The molecule has 144 valence electrons. The number of nitrogens with one attached hydrogen (secondary N) is 2. The first kappa shape index (κ1) is 18.7. The van der Waals surface area contributed by atoms with Gasteiger partial charge < -0.3 is 24.3 Å². The minimum atomic E-state index is -1.25. The lowest BCUT2D eigenvalue weighted by atomic mass is 10.1. The standard InChI is InChI=1S/C18H15N3O7/c1-10(20-21-18(25)13-3-2-6-26-13)11-7-14-15(28-9-27-14)8-12(11)19-16(22)4-5-17(23)24/h2-8H,9H2,1H3,(H,19,22)(H,21,25)(H,23,24)/b5-4+,20-10-. The predicted molar refractivity (Wildman–Crippen MR) is 96.4 cm³/mol. The van der Waals surface area contributed by atoms with Gasteiger partial charge in [-0.15, -0.1) is 0 Å². The summed E-state index contributed by atoms with van der Waals surface area (Å²) in [6.07, 6.45) is 2.95. The van der Waals surface area contributed by atoms with Crippen LogP contribution in [-0.4, -0.2) is 35.4 Å². The van der Waals surface area contributed by atoms with Gasteiger partial charge in [0, 0.05) is 23.8 Å². The normalized spacial score (nSPS) is 12.8. The fourth-order valence-electron chi connectivity index (χ4n) is 2.32. The highest BCUT2D eigenvalue weighted by molar-refractivity contribution is 6.10. The average molecular weight is 385 g/mol. The van der Waals surface area contributed by atoms with E-state index in [1.165, 1.54) is 18.4 Å². The molecule has 10 nitrogen and oxygen atoms in total. The van der Waals surface area contributed by atoms with E-state index in [2.05, 4.69) is 15.8 Å². The Morgan fingerprint density at radius 2 is 1.93 bits per heavy atom. The van der Waals surface area contributed by atoms with Gasteiger partial charge in [-0.05, 0) is 25.1 Å². The van der Waals surface area contributed by atoms with E-state index in [1.807, 2.05) is 0 Å². The number of amides is 2. The molecule has 3 rings (SSSR count). The number of carbonyl (C=O) groups excluding carboxylic acids is 2. The molecule has 0 atom stereocenters. The number of hydrogen-bond acceptors (Lipinski definition) is 7. The van der Waals surface area contributed by atoms with Crippen molar-refractivity contribution in [1.82, 2.24) is 5.43 Å². The van der Waals surface area contributed by atoms with Crippen molar-refractivity contribution in [2.45, 2.75) is 6.92 Å². The zero-order valence-electron chi connectivity index (χ0n) is 14.6. The zero-order valence-corrected chi connectivity index (χ0v) is 14.6. The summed E-state index contributed by atoms with van der Waals surface area (Å²) in [5, 5.41) is 15.2. The van der Waals surface area contributed by atoms with Crippen LogP contribution in [0.2, 0.25) is 0 Å². The lowest BCUT2D eigenvalue weighted by molar-refractivity contribution is -0.131. The highest BCUT2D eigenvalue weighted by Crippen LogP contribution is 2.37. The summed E-state index contributed by atoms with van der Waals surface area (Å²) >= 11 is 0. The Bertz CT molecular complexity index is 977. The maximum atomic E-state index is 12.0. The molecule has 3 N–H and O–H groups in total. The molecule has 10 heteroatoms. The van der Waals surface area contributed by atoms with E-state index in [0.717, 1.165) is 6.08 Å². The van der Waals surface area contributed by atoms with Crippen LogP contribution in [0.3, 0.4) is 0 Å². The Hall–Kier alpha value is -4.08. The van der Waals surface area contributed by atoms with Gasteiger partial charge in [-0.2, -0.15) is 5.10 Å². The van der Waals surface area contributed by atoms with Gasteiger partial charge in [0.05, 0.1) is 17.7 Å². The third kappa shape index (κ3) is 4.36. The van der Waals surface area contributed by atoms with Gasteiger partial charge >= 0.3 is 11.9 Å². The van der Waals surface area contributed by atoms with Crippen molar-refractivity contribution in [3.63, 3.8) is 0 Å². The fraction of sp³-hybridized carbons (Fsp3) is 0.111. The molecule has 2 aromatic rings. The SMILES string of the molecule is C/C(=N/NC(=O)c1ccco1)c1cc2c(cc1NC(=O)/C=C/C(=O)O)OCO2. The Morgan fingerprint density at radius 1 is 1.18 bits per heavy atom. The molecule has 0 unspecified atom stereocenters. The Kier molecular flexibility index (Phi) is 5.40. The van der Waals surface area contributed by atoms with Crippen molar-refractivity contribution in [3.05, 3.63) is 54.0 Å². The van der Waals surface area contributed by atoms with E-state index < -0.39 is 17.8 Å². The van der Waals surface area contributed by atoms with Crippen molar-refractivity contribution in [1.29, 1.82) is 0 Å². The molecule has 0 radical (unpaired) electrons. The molecule has 0 saturated carbocycles. The lowest BCUT2D eigenvalue weighted by Crippen LogP contribution is -2.19. The smallest absolute Gasteiger partial charge is 0.328 e. The maximum Gasteiger partial charge on any atom is 0.328 e. The monoisotopic (exact) mass is 385 g/mol. The number of benzene rings is 1. The molecular weight excluding hydrogens is 370 g/mol. The van der Waals surface area contributed by atoms with E-state index >= 15 is 0 Å². The summed E-state index contributed by atoms with van der Waals surface area (Å²) in [7, 11) is 0. The highest BCUT2D eigenvalue weighted by atomic mass is 16.7. The van der Waals surface area contributed by atoms with Crippen LogP contribution in [0, 0.1) is 0 Å². The minimum absolute atomic E-state index is 0.0243. The summed E-state index contributed by atoms with van der Waals surface area (Å²) in [5.74, 6) is -1.50. The quantitative estimate of drug-likeness (QED) is 0.391. The van der Waals surface area contributed by atoms with Gasteiger partial charge in [0.2, 0.25) is 12.7 Å². The first-order chi connectivity index (χ1) is 13.4. The average Bonchev–Trinajstić information content (AvgIpc) is 3.34. The molecule has 0 fully saturated rings. The molecular formula is C18H15N3O7. The molecule has 2 heterocycles. The molecule has 0 saturated heterocycles. The van der Waals surface area contributed by atoms with Gasteiger partial charge in [0.25, 0.3) is 0 Å². The molecule has 0 bridgehead atoms. The second kappa shape index (κ2) is 8.08. The third-order valence-corrected chi connectivity index (χ3v) is 3.61. The van der Waals surface area contributed by atoms with Crippen LogP contribution in [0.5, 0.6) is 11.5 Å². The number of furan rings is 1. The van der Waals surface area contributed by atoms with Crippen LogP contribution in [0.25, 0.3) is 0 Å². The van der Waals surface area contributed by atoms with E-state index in [0.29, 0.717) is 34.5 Å². The number of carboxylic acids is 1. The van der Waals surface area contributed by atoms with Crippen LogP contribution < -0.4 is 20.2 Å². The van der Waals surface area contributed by atoms with Gasteiger partial charge in [-0.3, -0.25) is 9.59 Å². The second-order valence-electron chi connectivity index (χ2n) is 5.53.